The number of amides is 1. The molecular weight excluding hydrogens is 408 g/mol. The standard InChI is InChI=1S/C21H26N2O6S/c1-4-27-18-8-6-5-7-16(18)14-22-21(24)15(2)23(30(3,25)26)17-9-10-19-20(13-17)29-12-11-28-19/h5-10,13,15H,4,11-12,14H2,1-3H3,(H,22,24)/t15-/m0/s1. The van der Waals surface area contributed by atoms with Crippen LogP contribution in [-0.4, -0.2) is 46.4 Å². The van der Waals surface area contributed by atoms with Crippen LogP contribution in [0.15, 0.2) is 42.5 Å². The van der Waals surface area contributed by atoms with E-state index in [1.165, 1.54) is 0 Å². The van der Waals surface area contributed by atoms with E-state index in [1.54, 1.807) is 25.1 Å². The van der Waals surface area contributed by atoms with Crippen LogP contribution in [0.25, 0.3) is 0 Å². The number of hydrogen-bond acceptors (Lipinski definition) is 6. The van der Waals surface area contributed by atoms with E-state index < -0.39 is 22.0 Å². The molecule has 1 N–H and O–H groups in total. The first kappa shape index (κ1) is 21.8. The van der Waals surface area contributed by atoms with Crippen molar-refractivity contribution in [1.29, 1.82) is 0 Å². The van der Waals surface area contributed by atoms with Gasteiger partial charge in [0.2, 0.25) is 15.9 Å². The van der Waals surface area contributed by atoms with Gasteiger partial charge < -0.3 is 19.5 Å². The molecule has 0 aromatic heterocycles. The van der Waals surface area contributed by atoms with E-state index in [1.807, 2.05) is 31.2 Å². The molecule has 1 heterocycles. The van der Waals surface area contributed by atoms with Crippen LogP contribution in [0.3, 0.4) is 0 Å². The minimum atomic E-state index is -3.74. The van der Waals surface area contributed by atoms with Gasteiger partial charge >= 0.3 is 0 Å². The van der Waals surface area contributed by atoms with Crippen molar-refractivity contribution in [3.8, 4) is 17.2 Å². The number of nitrogens with one attached hydrogen (secondary N) is 1. The Morgan fingerprint density at radius 2 is 1.87 bits per heavy atom. The molecule has 0 aliphatic carbocycles. The summed E-state index contributed by atoms with van der Waals surface area (Å²) in [5.41, 5.74) is 1.14. The lowest BCUT2D eigenvalue weighted by atomic mass is 10.2. The van der Waals surface area contributed by atoms with Gasteiger partial charge in [0.25, 0.3) is 0 Å². The molecule has 1 aliphatic rings. The number of fused-ring (bicyclic) bond motifs is 1. The Hall–Kier alpha value is -2.94. The SMILES string of the molecule is CCOc1ccccc1CNC(=O)[C@H](C)N(c1ccc2c(c1)OCCO2)S(C)(=O)=O. The summed E-state index contributed by atoms with van der Waals surface area (Å²) in [7, 11) is -3.74. The number of rotatable bonds is 8. The van der Waals surface area contributed by atoms with Gasteiger partial charge in [0.05, 0.1) is 18.6 Å². The molecule has 162 valence electrons. The van der Waals surface area contributed by atoms with Crippen molar-refractivity contribution < 1.29 is 27.4 Å². The van der Waals surface area contributed by atoms with Crippen LogP contribution in [0.2, 0.25) is 0 Å². The van der Waals surface area contributed by atoms with Crippen molar-refractivity contribution in [1.82, 2.24) is 5.32 Å². The lowest BCUT2D eigenvalue weighted by Crippen LogP contribution is -2.47. The highest BCUT2D eigenvalue weighted by Crippen LogP contribution is 2.35. The molecule has 0 fully saturated rings. The molecule has 3 rings (SSSR count). The van der Waals surface area contributed by atoms with Gasteiger partial charge in [0.15, 0.2) is 11.5 Å². The van der Waals surface area contributed by atoms with Crippen LogP contribution in [0.1, 0.15) is 19.4 Å². The zero-order valence-corrected chi connectivity index (χ0v) is 18.1. The minimum absolute atomic E-state index is 0.220. The van der Waals surface area contributed by atoms with Crippen LogP contribution in [0.4, 0.5) is 5.69 Å². The van der Waals surface area contributed by atoms with E-state index in [4.69, 9.17) is 14.2 Å². The van der Waals surface area contributed by atoms with Gasteiger partial charge in [-0.05, 0) is 32.0 Å². The van der Waals surface area contributed by atoms with Gasteiger partial charge in [-0.1, -0.05) is 18.2 Å². The smallest absolute Gasteiger partial charge is 0.243 e. The maximum Gasteiger partial charge on any atom is 0.243 e. The minimum Gasteiger partial charge on any atom is -0.494 e. The lowest BCUT2D eigenvalue weighted by molar-refractivity contribution is -0.122. The van der Waals surface area contributed by atoms with Crippen LogP contribution in [0.5, 0.6) is 17.2 Å². The number of hydrogen-bond donors (Lipinski definition) is 1. The Balaban J connectivity index is 1.79. The topological polar surface area (TPSA) is 94.2 Å². The van der Waals surface area contributed by atoms with Gasteiger partial charge in [0, 0.05) is 18.2 Å². The largest absolute Gasteiger partial charge is 0.494 e. The number of benzene rings is 2. The molecule has 0 saturated heterocycles. The predicted molar refractivity (Wildman–Crippen MR) is 114 cm³/mol. The second kappa shape index (κ2) is 9.25. The average Bonchev–Trinajstić information content (AvgIpc) is 2.72. The third kappa shape index (κ3) is 4.96. The number of para-hydroxylation sites is 1. The third-order valence-corrected chi connectivity index (χ3v) is 5.84. The highest BCUT2D eigenvalue weighted by molar-refractivity contribution is 7.92. The molecule has 0 radical (unpaired) electrons. The van der Waals surface area contributed by atoms with Crippen LogP contribution in [0, 0.1) is 0 Å². The van der Waals surface area contributed by atoms with Crippen molar-refractivity contribution in [2.75, 3.05) is 30.4 Å². The first-order valence-corrected chi connectivity index (χ1v) is 11.5. The molecule has 1 atom stereocenters. The fourth-order valence-electron chi connectivity index (χ4n) is 3.25. The Morgan fingerprint density at radius 3 is 2.57 bits per heavy atom. The quantitative estimate of drug-likeness (QED) is 0.685. The fraction of sp³-hybridized carbons (Fsp3) is 0.381. The van der Waals surface area contributed by atoms with Gasteiger partial charge in [-0.15, -0.1) is 0 Å². The van der Waals surface area contributed by atoms with Gasteiger partial charge in [-0.2, -0.15) is 0 Å². The lowest BCUT2D eigenvalue weighted by Gasteiger charge is -2.29. The molecule has 8 nitrogen and oxygen atoms in total. The molecular formula is C21H26N2O6S. The van der Waals surface area contributed by atoms with Crippen LogP contribution < -0.4 is 23.8 Å². The zero-order chi connectivity index (χ0) is 21.7. The molecule has 0 spiro atoms. The highest BCUT2D eigenvalue weighted by atomic mass is 32.2. The van der Waals surface area contributed by atoms with Crippen molar-refractivity contribution in [2.24, 2.45) is 0 Å². The van der Waals surface area contributed by atoms with E-state index in [2.05, 4.69) is 5.32 Å². The first-order chi connectivity index (χ1) is 14.3. The summed E-state index contributed by atoms with van der Waals surface area (Å²) < 4.78 is 42.7. The van der Waals surface area contributed by atoms with Crippen molar-refractivity contribution in [3.63, 3.8) is 0 Å². The summed E-state index contributed by atoms with van der Waals surface area (Å²) >= 11 is 0. The number of nitrogens with zero attached hydrogens (tertiary/aromatic N) is 1. The average molecular weight is 435 g/mol. The number of anilines is 1. The summed E-state index contributed by atoms with van der Waals surface area (Å²) in [5, 5.41) is 2.80. The van der Waals surface area contributed by atoms with Crippen LogP contribution in [-0.2, 0) is 21.4 Å². The Kier molecular flexibility index (Phi) is 6.71. The van der Waals surface area contributed by atoms with Gasteiger partial charge in [-0.25, -0.2) is 8.42 Å². The zero-order valence-electron chi connectivity index (χ0n) is 17.3. The summed E-state index contributed by atoms with van der Waals surface area (Å²) in [6.45, 7) is 4.97. The van der Waals surface area contributed by atoms with Crippen molar-refractivity contribution in [2.45, 2.75) is 26.4 Å². The van der Waals surface area contributed by atoms with Gasteiger partial charge in [0.1, 0.15) is 25.0 Å². The second-order valence-corrected chi connectivity index (χ2v) is 8.68. The molecule has 0 saturated carbocycles. The number of carbonyl (C=O) groups is 1. The number of sulfonamides is 1. The monoisotopic (exact) mass is 434 g/mol. The molecule has 30 heavy (non-hydrogen) atoms. The Morgan fingerprint density at radius 1 is 1.17 bits per heavy atom. The Labute approximate surface area is 176 Å². The second-order valence-electron chi connectivity index (χ2n) is 6.82. The summed E-state index contributed by atoms with van der Waals surface area (Å²) in [6, 6.07) is 11.2. The Bertz CT molecular complexity index is 1010. The van der Waals surface area contributed by atoms with Crippen LogP contribution >= 0.6 is 0 Å². The number of ether oxygens (including phenoxy) is 3. The molecule has 1 amide bonds. The number of carbonyl (C=O) groups excluding carboxylic acids is 1. The normalized spacial score (nSPS) is 14.0. The maximum atomic E-state index is 12.8. The molecule has 2 aromatic rings. The van der Waals surface area contributed by atoms with Crippen molar-refractivity contribution in [3.05, 3.63) is 48.0 Å². The van der Waals surface area contributed by atoms with E-state index >= 15 is 0 Å². The van der Waals surface area contributed by atoms with E-state index in [0.29, 0.717) is 42.8 Å². The highest BCUT2D eigenvalue weighted by Gasteiger charge is 2.30. The molecule has 0 bridgehead atoms. The molecule has 2 aromatic carbocycles. The van der Waals surface area contributed by atoms with Crippen molar-refractivity contribution >= 4 is 21.6 Å². The summed E-state index contributed by atoms with van der Waals surface area (Å²) in [4.78, 5) is 12.8. The predicted octanol–water partition coefficient (Wildman–Crippen LogP) is 2.33. The third-order valence-electron chi connectivity index (χ3n) is 4.59. The molecule has 0 unspecified atom stereocenters. The van der Waals surface area contributed by atoms with E-state index in [0.717, 1.165) is 16.1 Å². The van der Waals surface area contributed by atoms with Gasteiger partial charge in [-0.3, -0.25) is 9.10 Å². The molecule has 1 aliphatic heterocycles. The maximum absolute atomic E-state index is 12.8. The fourth-order valence-corrected chi connectivity index (χ4v) is 4.42. The van der Waals surface area contributed by atoms with E-state index in [-0.39, 0.29) is 6.54 Å². The molecule has 9 heteroatoms. The van der Waals surface area contributed by atoms with E-state index in [9.17, 15) is 13.2 Å². The first-order valence-electron chi connectivity index (χ1n) is 9.68. The summed E-state index contributed by atoms with van der Waals surface area (Å²) in [5.74, 6) is 1.25. The summed E-state index contributed by atoms with van der Waals surface area (Å²) in [6.07, 6.45) is 1.07.